The molecular weight excluding hydrogens is 378 g/mol. The molecule has 0 unspecified atom stereocenters. The number of primary sulfonamides is 1. The Bertz CT molecular complexity index is 1060. The van der Waals surface area contributed by atoms with Crippen molar-refractivity contribution in [2.45, 2.75) is 11.8 Å². The van der Waals surface area contributed by atoms with Gasteiger partial charge in [0, 0.05) is 17.5 Å². The maximum absolute atomic E-state index is 11.9. The number of hydrogen-bond acceptors (Lipinski definition) is 6. The van der Waals surface area contributed by atoms with Crippen LogP contribution in [0, 0.1) is 0 Å². The van der Waals surface area contributed by atoms with Gasteiger partial charge in [-0.1, -0.05) is 11.6 Å². The molecule has 0 saturated carbocycles. The zero-order valence-electron chi connectivity index (χ0n) is 13.5. The van der Waals surface area contributed by atoms with Crippen LogP contribution >= 0.6 is 11.6 Å². The Morgan fingerprint density at radius 2 is 1.69 bits per heavy atom. The first-order valence-corrected chi connectivity index (χ1v) is 9.30. The number of carbonyl (C=O) groups is 1. The lowest BCUT2D eigenvalue weighted by molar-refractivity contribution is 0.100. The van der Waals surface area contributed by atoms with E-state index in [0.717, 1.165) is 0 Å². The van der Waals surface area contributed by atoms with E-state index in [-0.39, 0.29) is 16.5 Å². The van der Waals surface area contributed by atoms with Gasteiger partial charge in [-0.2, -0.15) is 0 Å². The number of nitrogens with zero attached hydrogens (tertiary/aromatic N) is 3. The van der Waals surface area contributed by atoms with Crippen LogP contribution in [0.3, 0.4) is 0 Å². The first-order valence-electron chi connectivity index (χ1n) is 7.38. The number of Topliss-reactive ketones (excluding diaryl/α,β-unsaturated/α-hetero) is 1. The van der Waals surface area contributed by atoms with Gasteiger partial charge in [-0.25, -0.2) is 18.2 Å². The van der Waals surface area contributed by atoms with Gasteiger partial charge in [0.2, 0.25) is 15.8 Å². The summed E-state index contributed by atoms with van der Waals surface area (Å²) in [5.41, 5.74) is 4.22. The van der Waals surface area contributed by atoms with E-state index >= 15 is 0 Å². The van der Waals surface area contributed by atoms with Crippen molar-refractivity contribution in [2.75, 3.05) is 5.43 Å². The maximum atomic E-state index is 11.9. The van der Waals surface area contributed by atoms with Crippen molar-refractivity contribution in [2.24, 2.45) is 5.14 Å². The second-order valence-corrected chi connectivity index (χ2v) is 7.42. The van der Waals surface area contributed by atoms with Crippen molar-refractivity contribution in [3.8, 4) is 11.4 Å². The van der Waals surface area contributed by atoms with Crippen molar-refractivity contribution in [1.29, 1.82) is 0 Å². The van der Waals surface area contributed by atoms with Crippen LogP contribution in [-0.4, -0.2) is 29.1 Å². The van der Waals surface area contributed by atoms with E-state index in [1.807, 2.05) is 0 Å². The number of anilines is 1. The van der Waals surface area contributed by atoms with Crippen molar-refractivity contribution in [1.82, 2.24) is 14.9 Å². The van der Waals surface area contributed by atoms with Crippen molar-refractivity contribution >= 4 is 33.1 Å². The molecule has 0 atom stereocenters. The van der Waals surface area contributed by atoms with Crippen molar-refractivity contribution in [3.05, 3.63) is 59.4 Å². The van der Waals surface area contributed by atoms with Crippen molar-refractivity contribution in [3.63, 3.8) is 0 Å². The monoisotopic (exact) mass is 391 g/mol. The Morgan fingerprint density at radius 1 is 1.08 bits per heavy atom. The van der Waals surface area contributed by atoms with Crippen LogP contribution in [0.25, 0.3) is 11.4 Å². The lowest BCUT2D eigenvalue weighted by Gasteiger charge is -2.12. The summed E-state index contributed by atoms with van der Waals surface area (Å²) in [5.74, 6) is 0.222. The molecule has 3 aromatic rings. The third-order valence-electron chi connectivity index (χ3n) is 3.50. The molecule has 0 amide bonds. The second kappa shape index (κ2) is 6.87. The third-order valence-corrected chi connectivity index (χ3v) is 4.69. The van der Waals surface area contributed by atoms with Gasteiger partial charge in [-0.3, -0.25) is 10.2 Å². The number of carbonyl (C=O) groups excluding carboxylic acids is 1. The number of rotatable bonds is 5. The van der Waals surface area contributed by atoms with Crippen LogP contribution in [-0.2, 0) is 10.0 Å². The molecule has 8 nitrogen and oxygen atoms in total. The van der Waals surface area contributed by atoms with Gasteiger partial charge in [0.1, 0.15) is 0 Å². The standard InChI is InChI=1S/C16H14ClN5O3S/c1-10(23)15-19-20-16(11-2-4-12(17)5-3-11)22(15)21-13-6-8-14(9-7-13)26(18,24)25/h2-9,21H,1H3,(H2,18,24,25). The molecule has 10 heteroatoms. The molecule has 0 spiro atoms. The second-order valence-electron chi connectivity index (χ2n) is 5.43. The molecule has 1 aromatic heterocycles. The van der Waals surface area contributed by atoms with Crippen LogP contribution in [0.5, 0.6) is 0 Å². The molecule has 1 heterocycles. The minimum absolute atomic E-state index is 0.0171. The van der Waals surface area contributed by atoms with Crippen LogP contribution in [0.1, 0.15) is 17.5 Å². The van der Waals surface area contributed by atoms with Crippen molar-refractivity contribution < 1.29 is 13.2 Å². The fourth-order valence-corrected chi connectivity index (χ4v) is 2.89. The fourth-order valence-electron chi connectivity index (χ4n) is 2.25. The quantitative estimate of drug-likeness (QED) is 0.644. The number of aromatic nitrogens is 3. The minimum Gasteiger partial charge on any atom is -0.291 e. The Balaban J connectivity index is 2.02. The predicted octanol–water partition coefficient (Wildman–Crippen LogP) is 2.32. The maximum Gasteiger partial charge on any atom is 0.238 e. The Hall–Kier alpha value is -2.75. The summed E-state index contributed by atoms with van der Waals surface area (Å²) in [6, 6.07) is 12.7. The van der Waals surface area contributed by atoms with E-state index in [0.29, 0.717) is 22.1 Å². The molecule has 0 aliphatic rings. The highest BCUT2D eigenvalue weighted by Crippen LogP contribution is 2.22. The number of nitrogens with two attached hydrogens (primary N) is 1. The summed E-state index contributed by atoms with van der Waals surface area (Å²) in [6.07, 6.45) is 0. The largest absolute Gasteiger partial charge is 0.291 e. The number of sulfonamides is 1. The molecule has 3 N–H and O–H groups in total. The van der Waals surface area contributed by atoms with Crippen LogP contribution < -0.4 is 10.6 Å². The molecule has 0 bridgehead atoms. The van der Waals surface area contributed by atoms with Crippen LogP contribution in [0.15, 0.2) is 53.4 Å². The number of halogens is 1. The lowest BCUT2D eigenvalue weighted by Crippen LogP contribution is -2.17. The summed E-state index contributed by atoms with van der Waals surface area (Å²) >= 11 is 5.90. The first kappa shape index (κ1) is 18.1. The van der Waals surface area contributed by atoms with Gasteiger partial charge >= 0.3 is 0 Å². The van der Waals surface area contributed by atoms with Gasteiger partial charge in [0.25, 0.3) is 0 Å². The average Bonchev–Trinajstić information content (AvgIpc) is 2.99. The highest BCUT2D eigenvalue weighted by molar-refractivity contribution is 7.89. The van der Waals surface area contributed by atoms with Crippen LogP contribution in [0.2, 0.25) is 5.02 Å². The van der Waals surface area contributed by atoms with Gasteiger partial charge in [-0.15, -0.1) is 10.2 Å². The molecule has 0 radical (unpaired) electrons. The molecule has 134 valence electrons. The topological polar surface area (TPSA) is 120 Å². The highest BCUT2D eigenvalue weighted by Gasteiger charge is 2.17. The highest BCUT2D eigenvalue weighted by atomic mass is 35.5. The number of benzene rings is 2. The minimum atomic E-state index is -3.78. The molecular formula is C16H14ClN5O3S. The molecule has 0 fully saturated rings. The molecule has 26 heavy (non-hydrogen) atoms. The van der Waals surface area contributed by atoms with E-state index in [1.165, 1.54) is 35.9 Å². The molecule has 0 saturated heterocycles. The predicted molar refractivity (Wildman–Crippen MR) is 97.3 cm³/mol. The van der Waals surface area contributed by atoms with Gasteiger partial charge in [0.05, 0.1) is 10.6 Å². The smallest absolute Gasteiger partial charge is 0.238 e. The zero-order valence-corrected chi connectivity index (χ0v) is 15.1. The third kappa shape index (κ3) is 3.74. The lowest BCUT2D eigenvalue weighted by atomic mass is 10.2. The summed E-state index contributed by atoms with van der Waals surface area (Å²) in [7, 11) is -3.78. The van der Waals surface area contributed by atoms with Gasteiger partial charge < -0.3 is 0 Å². The Kier molecular flexibility index (Phi) is 4.77. The Labute approximate surface area is 154 Å². The molecule has 0 aliphatic carbocycles. The molecule has 2 aromatic carbocycles. The summed E-state index contributed by atoms with van der Waals surface area (Å²) < 4.78 is 24.1. The molecule has 0 aliphatic heterocycles. The van der Waals surface area contributed by atoms with Gasteiger partial charge in [-0.05, 0) is 48.5 Å². The Morgan fingerprint density at radius 3 is 2.23 bits per heavy atom. The van der Waals surface area contributed by atoms with E-state index < -0.39 is 10.0 Å². The van der Waals surface area contributed by atoms with E-state index in [1.54, 1.807) is 24.3 Å². The zero-order chi connectivity index (χ0) is 18.9. The fraction of sp³-hybridized carbons (Fsp3) is 0.0625. The summed E-state index contributed by atoms with van der Waals surface area (Å²) in [5, 5.41) is 13.6. The van der Waals surface area contributed by atoms with E-state index in [9.17, 15) is 13.2 Å². The summed E-state index contributed by atoms with van der Waals surface area (Å²) in [6.45, 7) is 1.37. The van der Waals surface area contributed by atoms with E-state index in [4.69, 9.17) is 16.7 Å². The normalized spacial score (nSPS) is 11.3. The number of nitrogens with one attached hydrogen (secondary N) is 1. The molecule has 3 rings (SSSR count). The van der Waals surface area contributed by atoms with Crippen LogP contribution in [0.4, 0.5) is 5.69 Å². The van der Waals surface area contributed by atoms with Gasteiger partial charge in [0.15, 0.2) is 11.6 Å². The average molecular weight is 392 g/mol. The summed E-state index contributed by atoms with van der Waals surface area (Å²) in [4.78, 5) is 11.8. The SMILES string of the molecule is CC(=O)c1nnc(-c2ccc(Cl)cc2)n1Nc1ccc(S(N)(=O)=O)cc1. The first-order chi connectivity index (χ1) is 12.3. The number of hydrogen-bond donors (Lipinski definition) is 2. The van der Waals surface area contributed by atoms with E-state index in [2.05, 4.69) is 15.6 Å². The number of ketones is 1.